The zero-order valence-electron chi connectivity index (χ0n) is 15.3. The Bertz CT molecular complexity index is 859. The molecule has 4 amide bonds. The third kappa shape index (κ3) is 4.16. The number of carbonyl (C=O) groups excluding carboxylic acids is 3. The molecule has 1 saturated heterocycles. The van der Waals surface area contributed by atoms with E-state index in [9.17, 15) is 14.4 Å². The standard InChI is InChI=1S/C20H22N4O4/c25-18(16-3-1-11-24(16)19(26)17-4-2-12-28-17)21-13-5-7-14(8-6-13)22-20(27)23-15-9-10-15/h2,4-8,12,15-16H,1,3,9-11H2,(H,21,25)(H2,22,23,27). The summed E-state index contributed by atoms with van der Waals surface area (Å²) in [4.78, 5) is 38.5. The second kappa shape index (κ2) is 7.75. The molecule has 28 heavy (non-hydrogen) atoms. The van der Waals surface area contributed by atoms with Crippen molar-refractivity contribution < 1.29 is 18.8 Å². The van der Waals surface area contributed by atoms with E-state index in [-0.39, 0.29) is 29.6 Å². The molecule has 4 rings (SSSR count). The normalized spacial score (nSPS) is 18.6. The third-order valence-electron chi connectivity index (χ3n) is 4.87. The van der Waals surface area contributed by atoms with Crippen LogP contribution in [-0.4, -0.2) is 41.4 Å². The van der Waals surface area contributed by atoms with E-state index in [1.165, 1.54) is 6.26 Å². The number of carbonyl (C=O) groups is 3. The number of urea groups is 1. The Labute approximate surface area is 162 Å². The number of hydrogen-bond donors (Lipinski definition) is 3. The van der Waals surface area contributed by atoms with Gasteiger partial charge >= 0.3 is 6.03 Å². The van der Waals surface area contributed by atoms with Crippen molar-refractivity contribution in [2.45, 2.75) is 37.8 Å². The molecule has 0 radical (unpaired) electrons. The molecule has 1 unspecified atom stereocenters. The molecule has 0 bridgehead atoms. The number of benzene rings is 1. The summed E-state index contributed by atoms with van der Waals surface area (Å²) >= 11 is 0. The average Bonchev–Trinajstić information content (AvgIpc) is 3.16. The van der Waals surface area contributed by atoms with Crippen LogP contribution in [0.1, 0.15) is 36.2 Å². The van der Waals surface area contributed by atoms with E-state index in [4.69, 9.17) is 4.42 Å². The van der Waals surface area contributed by atoms with Gasteiger partial charge in [-0.25, -0.2) is 4.79 Å². The zero-order valence-corrected chi connectivity index (χ0v) is 15.3. The van der Waals surface area contributed by atoms with Gasteiger partial charge < -0.3 is 25.3 Å². The summed E-state index contributed by atoms with van der Waals surface area (Å²) in [5.41, 5.74) is 1.25. The van der Waals surface area contributed by atoms with Crippen molar-refractivity contribution in [3.8, 4) is 0 Å². The molecule has 2 fully saturated rings. The molecule has 1 aromatic heterocycles. The maximum absolute atomic E-state index is 12.7. The fraction of sp³-hybridized carbons (Fsp3) is 0.350. The highest BCUT2D eigenvalue weighted by Crippen LogP contribution is 2.23. The molecule has 8 nitrogen and oxygen atoms in total. The molecule has 1 atom stereocenters. The molecule has 1 aliphatic carbocycles. The lowest BCUT2D eigenvalue weighted by molar-refractivity contribution is -0.119. The van der Waals surface area contributed by atoms with Crippen LogP contribution < -0.4 is 16.0 Å². The van der Waals surface area contributed by atoms with Gasteiger partial charge in [0, 0.05) is 24.0 Å². The summed E-state index contributed by atoms with van der Waals surface area (Å²) < 4.78 is 5.16. The number of hydrogen-bond acceptors (Lipinski definition) is 4. The highest BCUT2D eigenvalue weighted by Gasteiger charge is 2.35. The van der Waals surface area contributed by atoms with E-state index in [0.29, 0.717) is 24.3 Å². The van der Waals surface area contributed by atoms with Gasteiger partial charge in [-0.15, -0.1) is 0 Å². The monoisotopic (exact) mass is 382 g/mol. The summed E-state index contributed by atoms with van der Waals surface area (Å²) in [6.45, 7) is 0.524. The van der Waals surface area contributed by atoms with E-state index >= 15 is 0 Å². The van der Waals surface area contributed by atoms with E-state index in [2.05, 4.69) is 16.0 Å². The highest BCUT2D eigenvalue weighted by atomic mass is 16.3. The minimum absolute atomic E-state index is 0.225. The number of nitrogens with one attached hydrogen (secondary N) is 3. The largest absolute Gasteiger partial charge is 0.459 e. The van der Waals surface area contributed by atoms with Crippen LogP contribution in [0.25, 0.3) is 0 Å². The van der Waals surface area contributed by atoms with Crippen molar-refractivity contribution in [1.29, 1.82) is 0 Å². The first-order valence-corrected chi connectivity index (χ1v) is 9.43. The molecule has 0 spiro atoms. The first kappa shape index (κ1) is 18.1. The van der Waals surface area contributed by atoms with Gasteiger partial charge in [-0.1, -0.05) is 0 Å². The Kier molecular flexibility index (Phi) is 5.01. The predicted molar refractivity (Wildman–Crippen MR) is 103 cm³/mol. The van der Waals surface area contributed by atoms with E-state index in [1.54, 1.807) is 41.3 Å². The minimum atomic E-state index is -0.528. The Hall–Kier alpha value is -3.29. The molecule has 1 saturated carbocycles. The second-order valence-electron chi connectivity index (χ2n) is 7.07. The SMILES string of the molecule is O=C(Nc1ccc(NC(=O)C2CCCN2C(=O)c2ccco2)cc1)NC1CC1. The van der Waals surface area contributed by atoms with Crippen molar-refractivity contribution in [2.75, 3.05) is 17.2 Å². The maximum Gasteiger partial charge on any atom is 0.319 e. The molecule has 2 aromatic rings. The smallest absolute Gasteiger partial charge is 0.319 e. The number of nitrogens with zero attached hydrogens (tertiary/aromatic N) is 1. The van der Waals surface area contributed by atoms with Crippen LogP contribution in [0, 0.1) is 0 Å². The van der Waals surface area contributed by atoms with Gasteiger partial charge in [-0.3, -0.25) is 9.59 Å². The topological polar surface area (TPSA) is 104 Å². The van der Waals surface area contributed by atoms with Crippen LogP contribution in [0.2, 0.25) is 0 Å². The van der Waals surface area contributed by atoms with Crippen molar-refractivity contribution in [1.82, 2.24) is 10.2 Å². The van der Waals surface area contributed by atoms with Crippen LogP contribution in [0.15, 0.2) is 47.1 Å². The molecule has 146 valence electrons. The van der Waals surface area contributed by atoms with Crippen LogP contribution in [0.4, 0.5) is 16.2 Å². The fourth-order valence-electron chi connectivity index (χ4n) is 3.27. The van der Waals surface area contributed by atoms with Crippen molar-refractivity contribution in [3.63, 3.8) is 0 Å². The van der Waals surface area contributed by atoms with Crippen molar-refractivity contribution >= 4 is 29.2 Å². The van der Waals surface area contributed by atoms with E-state index in [0.717, 1.165) is 19.3 Å². The summed E-state index contributed by atoms with van der Waals surface area (Å²) in [7, 11) is 0. The van der Waals surface area contributed by atoms with Crippen molar-refractivity contribution in [3.05, 3.63) is 48.4 Å². The molecular formula is C20H22N4O4. The van der Waals surface area contributed by atoms with Gasteiger partial charge in [0.2, 0.25) is 5.91 Å². The lowest BCUT2D eigenvalue weighted by Crippen LogP contribution is -2.43. The maximum atomic E-state index is 12.7. The van der Waals surface area contributed by atoms with Crippen LogP contribution in [0.5, 0.6) is 0 Å². The Morgan fingerprint density at radius 1 is 0.964 bits per heavy atom. The van der Waals surface area contributed by atoms with E-state index in [1.807, 2.05) is 0 Å². The highest BCUT2D eigenvalue weighted by molar-refractivity contribution is 6.00. The fourth-order valence-corrected chi connectivity index (χ4v) is 3.27. The van der Waals surface area contributed by atoms with Gasteiger partial charge in [0.05, 0.1) is 6.26 Å². The van der Waals surface area contributed by atoms with Gasteiger partial charge in [0.1, 0.15) is 6.04 Å². The molecule has 1 aliphatic heterocycles. The predicted octanol–water partition coefficient (Wildman–Crippen LogP) is 2.81. The van der Waals surface area contributed by atoms with Crippen LogP contribution in [0.3, 0.4) is 0 Å². The third-order valence-corrected chi connectivity index (χ3v) is 4.87. The first-order valence-electron chi connectivity index (χ1n) is 9.43. The number of rotatable bonds is 5. The number of amides is 4. The van der Waals surface area contributed by atoms with Crippen LogP contribution >= 0.6 is 0 Å². The second-order valence-corrected chi connectivity index (χ2v) is 7.07. The number of likely N-dealkylation sites (tertiary alicyclic amines) is 1. The lowest BCUT2D eigenvalue weighted by Gasteiger charge is -2.23. The minimum Gasteiger partial charge on any atom is -0.459 e. The van der Waals surface area contributed by atoms with Gasteiger partial charge in [0.25, 0.3) is 5.91 Å². The average molecular weight is 382 g/mol. The Balaban J connectivity index is 1.34. The Morgan fingerprint density at radius 2 is 1.68 bits per heavy atom. The van der Waals surface area contributed by atoms with Crippen molar-refractivity contribution in [2.24, 2.45) is 0 Å². The summed E-state index contributed by atoms with van der Waals surface area (Å²) in [6, 6.07) is 9.68. The molecule has 2 aliphatic rings. The first-order chi connectivity index (χ1) is 13.6. The summed E-state index contributed by atoms with van der Waals surface area (Å²) in [5, 5.41) is 8.45. The quantitative estimate of drug-likeness (QED) is 0.740. The molecule has 2 heterocycles. The van der Waals surface area contributed by atoms with Gasteiger partial charge in [-0.05, 0) is 62.1 Å². The molecular weight excluding hydrogens is 360 g/mol. The molecule has 8 heteroatoms. The number of furan rings is 1. The lowest BCUT2D eigenvalue weighted by atomic mass is 10.2. The molecule has 3 N–H and O–H groups in total. The Morgan fingerprint density at radius 3 is 2.32 bits per heavy atom. The van der Waals surface area contributed by atoms with Crippen LogP contribution in [-0.2, 0) is 4.79 Å². The zero-order chi connectivity index (χ0) is 19.5. The molecule has 1 aromatic carbocycles. The van der Waals surface area contributed by atoms with E-state index < -0.39 is 6.04 Å². The summed E-state index contributed by atoms with van der Waals surface area (Å²) in [5.74, 6) is -0.270. The van der Waals surface area contributed by atoms with Gasteiger partial charge in [-0.2, -0.15) is 0 Å². The van der Waals surface area contributed by atoms with Gasteiger partial charge in [0.15, 0.2) is 5.76 Å². The summed E-state index contributed by atoms with van der Waals surface area (Å²) in [6.07, 6.45) is 4.87. The number of anilines is 2.